The van der Waals surface area contributed by atoms with Gasteiger partial charge in [0, 0.05) is 31.3 Å². The van der Waals surface area contributed by atoms with Crippen LogP contribution in [0.1, 0.15) is 24.7 Å². The summed E-state index contributed by atoms with van der Waals surface area (Å²) in [7, 11) is 0. The highest BCUT2D eigenvalue weighted by atomic mass is 19.3. The van der Waals surface area contributed by atoms with Crippen molar-refractivity contribution in [3.05, 3.63) is 60.0 Å². The van der Waals surface area contributed by atoms with Gasteiger partial charge in [0.15, 0.2) is 11.6 Å². The van der Waals surface area contributed by atoms with Crippen LogP contribution >= 0.6 is 0 Å². The van der Waals surface area contributed by atoms with E-state index in [4.69, 9.17) is 0 Å². The maximum absolute atomic E-state index is 12.5. The first-order chi connectivity index (χ1) is 14.2. The van der Waals surface area contributed by atoms with E-state index in [2.05, 4.69) is 30.6 Å². The molecule has 0 aliphatic rings. The fraction of sp³-hybridized carbons (Fsp3) is 0.350. The number of nitrogens with one attached hydrogen (secondary N) is 2. The fourth-order valence-electron chi connectivity index (χ4n) is 2.87. The zero-order valence-corrected chi connectivity index (χ0v) is 16.2. The fourth-order valence-corrected chi connectivity index (χ4v) is 2.87. The Kier molecular flexibility index (Phi) is 7.32. The third kappa shape index (κ3) is 5.87. The third-order valence-electron chi connectivity index (χ3n) is 4.19. The van der Waals surface area contributed by atoms with E-state index in [9.17, 15) is 8.78 Å². The summed E-state index contributed by atoms with van der Waals surface area (Å²) in [5.41, 5.74) is 1.43. The number of rotatable bonds is 9. The highest BCUT2D eigenvalue weighted by Gasteiger charge is 2.09. The molecule has 0 saturated carbocycles. The Labute approximate surface area is 167 Å². The minimum absolute atomic E-state index is 0.140. The molecule has 0 spiro atoms. The lowest BCUT2D eigenvalue weighted by atomic mass is 10.2. The van der Waals surface area contributed by atoms with Crippen LogP contribution in [0.25, 0.3) is 5.65 Å². The van der Waals surface area contributed by atoms with Gasteiger partial charge in [-0.05, 0) is 31.5 Å². The van der Waals surface area contributed by atoms with Gasteiger partial charge in [0.2, 0.25) is 0 Å². The lowest BCUT2D eigenvalue weighted by molar-refractivity contribution is -0.0504. The predicted octanol–water partition coefficient (Wildman–Crippen LogP) is 3.02. The van der Waals surface area contributed by atoms with Crippen LogP contribution in [-0.2, 0) is 13.0 Å². The monoisotopic (exact) mass is 402 g/mol. The second-order valence-corrected chi connectivity index (χ2v) is 6.26. The number of para-hydroxylation sites is 1. The van der Waals surface area contributed by atoms with Gasteiger partial charge in [-0.15, -0.1) is 10.2 Å². The van der Waals surface area contributed by atoms with Gasteiger partial charge in [-0.1, -0.05) is 24.3 Å². The SMILES string of the molecule is CCNC(=NCc1ccccc1OC(F)F)NCCCc1nnc2ccccn12. The molecule has 0 aliphatic heterocycles. The quantitative estimate of drug-likeness (QED) is 0.327. The molecule has 7 nitrogen and oxygen atoms in total. The molecule has 0 atom stereocenters. The second kappa shape index (κ2) is 10.4. The maximum Gasteiger partial charge on any atom is 0.387 e. The number of aromatic nitrogens is 3. The smallest absolute Gasteiger partial charge is 0.387 e. The molecule has 3 aromatic rings. The van der Waals surface area contributed by atoms with E-state index in [1.807, 2.05) is 35.7 Å². The molecule has 0 saturated heterocycles. The number of benzene rings is 1. The van der Waals surface area contributed by atoms with Gasteiger partial charge in [-0.3, -0.25) is 4.40 Å². The van der Waals surface area contributed by atoms with E-state index in [1.54, 1.807) is 18.2 Å². The molecule has 29 heavy (non-hydrogen) atoms. The van der Waals surface area contributed by atoms with Crippen LogP contribution in [0.5, 0.6) is 5.75 Å². The van der Waals surface area contributed by atoms with Crippen molar-refractivity contribution in [3.8, 4) is 5.75 Å². The number of guanidine groups is 1. The average Bonchev–Trinajstić information content (AvgIpc) is 3.13. The minimum Gasteiger partial charge on any atom is -0.434 e. The summed E-state index contributed by atoms with van der Waals surface area (Å²) in [5, 5.41) is 14.8. The number of alkyl halides is 2. The highest BCUT2D eigenvalue weighted by Crippen LogP contribution is 2.20. The van der Waals surface area contributed by atoms with Crippen molar-refractivity contribution in [3.63, 3.8) is 0 Å². The van der Waals surface area contributed by atoms with Gasteiger partial charge in [0.25, 0.3) is 0 Å². The molecule has 3 rings (SSSR count). The zero-order valence-electron chi connectivity index (χ0n) is 16.2. The highest BCUT2D eigenvalue weighted by molar-refractivity contribution is 5.79. The molecule has 0 aliphatic carbocycles. The Morgan fingerprint density at radius 3 is 2.79 bits per heavy atom. The summed E-state index contributed by atoms with van der Waals surface area (Å²) in [5.74, 6) is 1.66. The average molecular weight is 402 g/mol. The Bertz CT molecular complexity index is 943. The van der Waals surface area contributed by atoms with E-state index in [1.165, 1.54) is 6.07 Å². The van der Waals surface area contributed by atoms with Crippen molar-refractivity contribution < 1.29 is 13.5 Å². The standard InChI is InChI=1S/C20H24F2N6O/c1-2-23-20(25-14-15-8-3-4-9-16(15)29-19(21)22)24-12-7-11-18-27-26-17-10-5-6-13-28(17)18/h3-6,8-10,13,19H,2,7,11-12,14H2,1H3,(H2,23,24,25). The van der Waals surface area contributed by atoms with Crippen LogP contribution in [-0.4, -0.2) is 40.3 Å². The number of hydrogen-bond acceptors (Lipinski definition) is 4. The molecule has 2 aromatic heterocycles. The van der Waals surface area contributed by atoms with E-state index < -0.39 is 6.61 Å². The van der Waals surface area contributed by atoms with Crippen LogP contribution in [0, 0.1) is 0 Å². The number of ether oxygens (including phenoxy) is 1. The van der Waals surface area contributed by atoms with Crippen LogP contribution in [0.15, 0.2) is 53.7 Å². The van der Waals surface area contributed by atoms with Crippen molar-refractivity contribution in [2.24, 2.45) is 4.99 Å². The summed E-state index contributed by atoms with van der Waals surface area (Å²) in [6.07, 6.45) is 3.55. The summed E-state index contributed by atoms with van der Waals surface area (Å²) >= 11 is 0. The third-order valence-corrected chi connectivity index (χ3v) is 4.19. The summed E-state index contributed by atoms with van der Waals surface area (Å²) in [6, 6.07) is 12.5. The Balaban J connectivity index is 1.54. The number of pyridine rings is 1. The Morgan fingerprint density at radius 1 is 1.14 bits per heavy atom. The van der Waals surface area contributed by atoms with Crippen molar-refractivity contribution in [2.75, 3.05) is 13.1 Å². The molecule has 0 unspecified atom stereocenters. The van der Waals surface area contributed by atoms with Crippen molar-refractivity contribution in [1.29, 1.82) is 0 Å². The largest absolute Gasteiger partial charge is 0.434 e. The van der Waals surface area contributed by atoms with Crippen LogP contribution in [0.4, 0.5) is 8.78 Å². The van der Waals surface area contributed by atoms with Gasteiger partial charge in [-0.2, -0.15) is 8.78 Å². The van der Waals surface area contributed by atoms with Gasteiger partial charge in [0.05, 0.1) is 6.54 Å². The molecule has 0 amide bonds. The van der Waals surface area contributed by atoms with E-state index in [0.717, 1.165) is 24.3 Å². The first kappa shape index (κ1) is 20.5. The zero-order chi connectivity index (χ0) is 20.5. The molecule has 0 fully saturated rings. The number of nitrogens with zero attached hydrogens (tertiary/aromatic N) is 4. The second-order valence-electron chi connectivity index (χ2n) is 6.26. The minimum atomic E-state index is -2.86. The summed E-state index contributed by atoms with van der Waals surface area (Å²) in [4.78, 5) is 4.47. The van der Waals surface area contributed by atoms with E-state index >= 15 is 0 Å². The molecular weight excluding hydrogens is 378 g/mol. The van der Waals surface area contributed by atoms with Crippen molar-refractivity contribution in [2.45, 2.75) is 32.9 Å². The number of aryl methyl sites for hydroxylation is 1. The van der Waals surface area contributed by atoms with Crippen LogP contribution in [0.2, 0.25) is 0 Å². The Morgan fingerprint density at radius 2 is 1.97 bits per heavy atom. The van der Waals surface area contributed by atoms with Gasteiger partial charge in [0.1, 0.15) is 11.6 Å². The number of halogens is 2. The summed E-state index contributed by atoms with van der Waals surface area (Å²) < 4.78 is 31.6. The molecule has 2 heterocycles. The molecule has 0 bridgehead atoms. The van der Waals surface area contributed by atoms with Crippen LogP contribution < -0.4 is 15.4 Å². The van der Waals surface area contributed by atoms with Gasteiger partial charge < -0.3 is 15.4 Å². The van der Waals surface area contributed by atoms with E-state index in [0.29, 0.717) is 24.6 Å². The lowest BCUT2D eigenvalue weighted by Crippen LogP contribution is -2.37. The first-order valence-corrected chi connectivity index (χ1v) is 9.51. The first-order valence-electron chi connectivity index (χ1n) is 9.51. The van der Waals surface area contributed by atoms with E-state index in [-0.39, 0.29) is 12.3 Å². The number of aliphatic imine (C=N–C) groups is 1. The van der Waals surface area contributed by atoms with Crippen molar-refractivity contribution in [1.82, 2.24) is 25.2 Å². The maximum atomic E-state index is 12.5. The molecule has 1 aromatic carbocycles. The topological polar surface area (TPSA) is 75.8 Å². The van der Waals surface area contributed by atoms with Gasteiger partial charge in [-0.25, -0.2) is 4.99 Å². The van der Waals surface area contributed by atoms with Crippen LogP contribution in [0.3, 0.4) is 0 Å². The number of fused-ring (bicyclic) bond motifs is 1. The molecule has 154 valence electrons. The lowest BCUT2D eigenvalue weighted by Gasteiger charge is -2.12. The molecule has 9 heteroatoms. The van der Waals surface area contributed by atoms with Gasteiger partial charge >= 0.3 is 6.61 Å². The normalized spacial score (nSPS) is 11.8. The molecular formula is C20H24F2N6O. The van der Waals surface area contributed by atoms with Crippen molar-refractivity contribution >= 4 is 11.6 Å². The number of hydrogen-bond donors (Lipinski definition) is 2. The predicted molar refractivity (Wildman–Crippen MR) is 107 cm³/mol. The summed E-state index contributed by atoms with van der Waals surface area (Å²) in [6.45, 7) is 0.707. The Hall–Kier alpha value is -3.23. The molecule has 2 N–H and O–H groups in total. The molecule has 0 radical (unpaired) electrons.